The number of carbonyl (C=O) groups excluding carboxylic acids is 3. The van der Waals surface area contributed by atoms with Crippen molar-refractivity contribution in [1.82, 2.24) is 14.6 Å². The number of carbonyl (C=O) groups is 3. The number of piperazine rings is 1. The van der Waals surface area contributed by atoms with E-state index in [1.165, 1.54) is 21.6 Å². The molecule has 3 heterocycles. The molecule has 13 heteroatoms. The molecule has 1 N–H and O–H groups in total. The van der Waals surface area contributed by atoms with Gasteiger partial charge in [-0.15, -0.1) is 0 Å². The molecule has 41 heavy (non-hydrogen) atoms. The minimum absolute atomic E-state index is 0.0462. The number of benzene rings is 2. The summed E-state index contributed by atoms with van der Waals surface area (Å²) in [4.78, 5) is 43.7. The number of fused-ring (bicyclic) bond motifs is 2. The van der Waals surface area contributed by atoms with Crippen LogP contribution in [0.1, 0.15) is 18.1 Å². The molecular weight excluding hydrogens is 570 g/mol. The molecule has 1 fully saturated rings. The van der Waals surface area contributed by atoms with E-state index >= 15 is 0 Å². The molecule has 0 aliphatic carbocycles. The van der Waals surface area contributed by atoms with Crippen molar-refractivity contribution in [1.29, 1.82) is 0 Å². The Kier molecular flexibility index (Phi) is 9.23. The molecule has 1 aromatic heterocycles. The van der Waals surface area contributed by atoms with E-state index in [-0.39, 0.29) is 19.8 Å². The predicted molar refractivity (Wildman–Crippen MR) is 157 cm³/mol. The quantitative estimate of drug-likeness (QED) is 0.274. The number of halogens is 1. The van der Waals surface area contributed by atoms with Crippen molar-refractivity contribution in [2.75, 3.05) is 62.9 Å². The number of anilines is 2. The van der Waals surface area contributed by atoms with Gasteiger partial charge in [-0.2, -0.15) is 4.37 Å². The Morgan fingerprint density at radius 2 is 1.93 bits per heavy atom. The Morgan fingerprint density at radius 3 is 2.68 bits per heavy atom. The minimum atomic E-state index is -1.62. The van der Waals surface area contributed by atoms with E-state index in [4.69, 9.17) is 30.2 Å². The van der Waals surface area contributed by atoms with Gasteiger partial charge in [0.15, 0.2) is 0 Å². The number of rotatable bonds is 10. The van der Waals surface area contributed by atoms with Crippen LogP contribution < -0.4 is 15.1 Å². The van der Waals surface area contributed by atoms with E-state index in [1.54, 1.807) is 20.0 Å². The number of hydrogen-bond donors (Lipinski definition) is 1. The van der Waals surface area contributed by atoms with Gasteiger partial charge in [0, 0.05) is 43.1 Å². The summed E-state index contributed by atoms with van der Waals surface area (Å²) in [5.41, 5.74) is 2.03. The third-order valence-electron chi connectivity index (χ3n) is 7.11. The van der Waals surface area contributed by atoms with Gasteiger partial charge in [-0.1, -0.05) is 29.8 Å². The zero-order valence-corrected chi connectivity index (χ0v) is 24.5. The number of amides is 1. The lowest BCUT2D eigenvalue weighted by molar-refractivity contribution is -0.156. The molecule has 0 spiro atoms. The van der Waals surface area contributed by atoms with Crippen LogP contribution in [0.15, 0.2) is 36.4 Å². The standard InChI is InChI=1S/C28H32ClN5O6S/c1-3-38-27(36)26(40-28(37)39-17-30-2)34-22-16-21(29)18(14-19(22)15-24(34)35)8-9-32-10-12-33(13-11-32)25-20-6-4-5-7-23(20)41-31-25/h4-7,14,16,26,30H,3,8-13,15,17H2,1-2H3. The van der Waals surface area contributed by atoms with Crippen LogP contribution in [0.2, 0.25) is 5.02 Å². The summed E-state index contributed by atoms with van der Waals surface area (Å²) in [6.07, 6.45) is -1.98. The minimum Gasteiger partial charge on any atom is -0.462 e. The van der Waals surface area contributed by atoms with Gasteiger partial charge in [-0.25, -0.2) is 9.59 Å². The van der Waals surface area contributed by atoms with Crippen LogP contribution in [-0.2, 0) is 36.6 Å². The molecule has 0 radical (unpaired) electrons. The fourth-order valence-corrected chi connectivity index (χ4v) is 6.14. The van der Waals surface area contributed by atoms with Crippen molar-refractivity contribution in [3.63, 3.8) is 0 Å². The van der Waals surface area contributed by atoms with Gasteiger partial charge in [0.1, 0.15) is 12.5 Å². The number of esters is 1. The average molecular weight is 602 g/mol. The molecule has 3 aromatic rings. The Hall–Kier alpha value is -3.45. The highest BCUT2D eigenvalue weighted by Crippen LogP contribution is 2.36. The summed E-state index contributed by atoms with van der Waals surface area (Å²) in [5.74, 6) is -0.222. The second kappa shape index (κ2) is 13.0. The second-order valence-electron chi connectivity index (χ2n) is 9.71. The molecular formula is C28H32ClN5O6S. The Balaban J connectivity index is 1.23. The number of ether oxygens (including phenoxy) is 3. The van der Waals surface area contributed by atoms with Crippen molar-refractivity contribution >= 4 is 62.8 Å². The first-order chi connectivity index (χ1) is 19.9. The first-order valence-electron chi connectivity index (χ1n) is 13.5. The Morgan fingerprint density at radius 1 is 1.15 bits per heavy atom. The second-order valence-corrected chi connectivity index (χ2v) is 10.9. The highest BCUT2D eigenvalue weighted by atomic mass is 35.5. The molecule has 0 saturated carbocycles. The van der Waals surface area contributed by atoms with E-state index in [9.17, 15) is 14.4 Å². The zero-order valence-electron chi connectivity index (χ0n) is 22.9. The molecule has 218 valence electrons. The molecule has 5 rings (SSSR count). The summed E-state index contributed by atoms with van der Waals surface area (Å²) in [6, 6.07) is 11.9. The number of hydrogen-bond acceptors (Lipinski definition) is 11. The van der Waals surface area contributed by atoms with E-state index in [0.717, 1.165) is 49.0 Å². The first-order valence-corrected chi connectivity index (χ1v) is 14.6. The molecule has 1 saturated heterocycles. The third kappa shape index (κ3) is 6.40. The van der Waals surface area contributed by atoms with Crippen LogP contribution in [0.5, 0.6) is 0 Å². The van der Waals surface area contributed by atoms with Crippen molar-refractivity contribution < 1.29 is 28.6 Å². The van der Waals surface area contributed by atoms with E-state index in [2.05, 4.69) is 27.2 Å². The largest absolute Gasteiger partial charge is 0.512 e. The van der Waals surface area contributed by atoms with Crippen molar-refractivity contribution in [3.8, 4) is 0 Å². The Labute approximate surface area is 247 Å². The summed E-state index contributed by atoms with van der Waals surface area (Å²) in [5, 5.41) is 4.31. The summed E-state index contributed by atoms with van der Waals surface area (Å²) >= 11 is 8.21. The van der Waals surface area contributed by atoms with Crippen LogP contribution in [0, 0.1) is 0 Å². The maximum atomic E-state index is 13.0. The smallest absolute Gasteiger partial charge is 0.462 e. The molecule has 0 bridgehead atoms. The number of aromatic nitrogens is 1. The molecule has 1 amide bonds. The highest BCUT2D eigenvalue weighted by Gasteiger charge is 2.41. The van der Waals surface area contributed by atoms with E-state index < -0.39 is 24.3 Å². The normalized spacial score (nSPS) is 16.1. The maximum absolute atomic E-state index is 13.0. The summed E-state index contributed by atoms with van der Waals surface area (Å²) < 4.78 is 21.0. The van der Waals surface area contributed by atoms with Crippen molar-refractivity contribution in [2.45, 2.75) is 26.0 Å². The van der Waals surface area contributed by atoms with Crippen LogP contribution >= 0.6 is 23.1 Å². The van der Waals surface area contributed by atoms with Gasteiger partial charge < -0.3 is 19.1 Å². The van der Waals surface area contributed by atoms with E-state index in [1.807, 2.05) is 18.2 Å². The molecule has 11 nitrogen and oxygen atoms in total. The molecule has 1 atom stereocenters. The van der Waals surface area contributed by atoms with Gasteiger partial charge in [-0.05, 0) is 61.3 Å². The highest BCUT2D eigenvalue weighted by molar-refractivity contribution is 7.13. The van der Waals surface area contributed by atoms with Crippen molar-refractivity contribution in [2.24, 2.45) is 0 Å². The fourth-order valence-electron chi connectivity index (χ4n) is 5.09. The van der Waals surface area contributed by atoms with Crippen molar-refractivity contribution in [3.05, 3.63) is 52.5 Å². The lowest BCUT2D eigenvalue weighted by Gasteiger charge is -2.35. The van der Waals surface area contributed by atoms with Gasteiger partial charge in [0.05, 0.1) is 23.4 Å². The monoisotopic (exact) mass is 601 g/mol. The lowest BCUT2D eigenvalue weighted by atomic mass is 10.1. The summed E-state index contributed by atoms with van der Waals surface area (Å²) in [7, 11) is 1.58. The molecule has 2 aromatic carbocycles. The predicted octanol–water partition coefficient (Wildman–Crippen LogP) is 3.42. The topological polar surface area (TPSA) is 114 Å². The Bertz CT molecular complexity index is 1430. The van der Waals surface area contributed by atoms with E-state index in [0.29, 0.717) is 22.7 Å². The van der Waals surface area contributed by atoms with Gasteiger partial charge >= 0.3 is 12.1 Å². The first kappa shape index (κ1) is 29.1. The van der Waals surface area contributed by atoms with Crippen LogP contribution in [0.3, 0.4) is 0 Å². The number of nitrogens with one attached hydrogen (secondary N) is 1. The lowest BCUT2D eigenvalue weighted by Crippen LogP contribution is -2.47. The number of nitrogens with zero attached hydrogens (tertiary/aromatic N) is 4. The van der Waals surface area contributed by atoms with Crippen LogP contribution in [0.4, 0.5) is 16.3 Å². The van der Waals surface area contributed by atoms with Crippen LogP contribution in [0.25, 0.3) is 10.1 Å². The van der Waals surface area contributed by atoms with Crippen LogP contribution in [-0.4, -0.2) is 86.6 Å². The third-order valence-corrected chi connectivity index (χ3v) is 8.28. The SMILES string of the molecule is CCOC(=O)C(OC(=O)OCNC)N1C(=O)Cc2cc(CCN3CCN(c4nsc5ccccc45)CC3)c(Cl)cc21. The average Bonchev–Trinajstić information content (AvgIpc) is 3.54. The fraction of sp³-hybridized carbons (Fsp3) is 0.429. The molecule has 2 aliphatic rings. The zero-order chi connectivity index (χ0) is 28.9. The molecule has 1 unspecified atom stereocenters. The summed E-state index contributed by atoms with van der Waals surface area (Å²) in [6.45, 7) is 5.96. The maximum Gasteiger partial charge on any atom is 0.512 e. The van der Waals surface area contributed by atoms with Gasteiger partial charge in [0.2, 0.25) is 5.91 Å². The van der Waals surface area contributed by atoms with Gasteiger partial charge in [0.25, 0.3) is 6.23 Å². The van der Waals surface area contributed by atoms with Gasteiger partial charge in [-0.3, -0.25) is 19.9 Å². The molecule has 2 aliphatic heterocycles.